The van der Waals surface area contributed by atoms with Crippen LogP contribution in [0.1, 0.15) is 107 Å². The first kappa shape index (κ1) is 32.7. The van der Waals surface area contributed by atoms with Crippen LogP contribution in [0, 0.1) is 29.1 Å². The van der Waals surface area contributed by atoms with Crippen molar-refractivity contribution in [1.82, 2.24) is 20.2 Å². The summed E-state index contributed by atoms with van der Waals surface area (Å²) in [7, 11) is 5.55. The molecule has 9 heteroatoms. The third-order valence-electron chi connectivity index (χ3n) is 11.5. The number of ether oxygens (including phenoxy) is 1. The summed E-state index contributed by atoms with van der Waals surface area (Å²) in [5, 5.41) is 14.8. The van der Waals surface area contributed by atoms with Gasteiger partial charge in [0.2, 0.25) is 11.8 Å². The smallest absolute Gasteiger partial charge is 0.326 e. The number of aromatic nitrogens is 2. The highest BCUT2D eigenvalue weighted by Crippen LogP contribution is 2.53. The van der Waals surface area contributed by atoms with Gasteiger partial charge in [-0.3, -0.25) is 4.79 Å². The van der Waals surface area contributed by atoms with E-state index in [2.05, 4.69) is 32.2 Å². The Morgan fingerprint density at radius 2 is 1.85 bits per heavy atom. The van der Waals surface area contributed by atoms with Gasteiger partial charge in [0.1, 0.15) is 11.9 Å². The van der Waals surface area contributed by atoms with Gasteiger partial charge >= 0.3 is 5.97 Å². The average molecular weight is 632 g/mol. The highest BCUT2D eigenvalue weighted by Gasteiger charge is 2.59. The fraction of sp³-hybridized carbons (Fsp3) is 0.676. The number of hydrogen-bond acceptors (Lipinski definition) is 7. The predicted molar refractivity (Wildman–Crippen MR) is 179 cm³/mol. The molecule has 7 atom stereocenters. The van der Waals surface area contributed by atoms with Crippen molar-refractivity contribution >= 4 is 17.7 Å². The molecule has 0 radical (unpaired) electrons. The second-order valence-electron chi connectivity index (χ2n) is 15.6. The normalized spacial score (nSPS) is 29.7. The molecule has 3 aliphatic carbocycles. The van der Waals surface area contributed by atoms with Crippen molar-refractivity contribution in [2.45, 2.75) is 109 Å². The molecule has 3 unspecified atom stereocenters. The monoisotopic (exact) mass is 631 g/mol. The van der Waals surface area contributed by atoms with Crippen LogP contribution in [0.2, 0.25) is 0 Å². The van der Waals surface area contributed by atoms with Crippen molar-refractivity contribution in [3.8, 4) is 5.88 Å². The van der Waals surface area contributed by atoms with Crippen molar-refractivity contribution in [2.75, 3.05) is 26.1 Å². The molecule has 1 aliphatic heterocycles. The fourth-order valence-corrected chi connectivity index (χ4v) is 9.54. The van der Waals surface area contributed by atoms with Gasteiger partial charge in [0.25, 0.3) is 0 Å². The number of hydrogen-bond donors (Lipinski definition) is 2. The van der Waals surface area contributed by atoms with E-state index < -0.39 is 23.5 Å². The second-order valence-corrected chi connectivity index (χ2v) is 15.6. The van der Waals surface area contributed by atoms with E-state index in [4.69, 9.17) is 14.7 Å². The van der Waals surface area contributed by atoms with Crippen LogP contribution in [0.3, 0.4) is 0 Å². The number of nitrogens with zero attached hydrogens (tertiary/aromatic N) is 4. The molecule has 6 rings (SSSR count). The molecule has 1 amide bonds. The van der Waals surface area contributed by atoms with Gasteiger partial charge in [-0.15, -0.1) is 0 Å². The number of anilines is 1. The van der Waals surface area contributed by atoms with E-state index >= 15 is 0 Å². The summed E-state index contributed by atoms with van der Waals surface area (Å²) in [5.41, 5.74) is 2.69. The molecule has 2 N–H and O–H groups in total. The number of carbonyl (C=O) groups excluding carboxylic acids is 1. The second kappa shape index (κ2) is 13.1. The quantitative estimate of drug-likeness (QED) is 0.337. The fourth-order valence-electron chi connectivity index (χ4n) is 9.54. The average Bonchev–Trinajstić information content (AvgIpc) is 3.77. The summed E-state index contributed by atoms with van der Waals surface area (Å²) in [6.45, 7) is 6.75. The lowest BCUT2D eigenvalue weighted by Crippen LogP contribution is -2.49. The number of aliphatic carboxylic acids is 1. The van der Waals surface area contributed by atoms with Gasteiger partial charge in [-0.1, -0.05) is 52.5 Å². The maximum absolute atomic E-state index is 14.6. The number of rotatable bonds is 9. The zero-order valence-corrected chi connectivity index (χ0v) is 28.5. The zero-order chi connectivity index (χ0) is 32.7. The number of carboxylic acid groups (broad SMARTS) is 1. The number of amides is 1. The molecule has 0 spiro atoms. The number of nitrogens with one attached hydrogen (secondary N) is 1. The summed E-state index contributed by atoms with van der Waals surface area (Å²) in [4.78, 5) is 41.1. The Kier molecular flexibility index (Phi) is 9.34. The van der Waals surface area contributed by atoms with Crippen LogP contribution in [0.4, 0.5) is 5.82 Å². The largest absolute Gasteiger partial charge is 0.481 e. The topological polar surface area (TPSA) is 108 Å². The molecule has 2 aromatic rings. The molecular weight excluding hydrogens is 578 g/mol. The number of pyridine rings is 2. The summed E-state index contributed by atoms with van der Waals surface area (Å²) in [6.07, 6.45) is 13.7. The van der Waals surface area contributed by atoms with Gasteiger partial charge < -0.3 is 25.0 Å². The molecule has 4 fully saturated rings. The van der Waals surface area contributed by atoms with Crippen LogP contribution in [0.15, 0.2) is 30.6 Å². The van der Waals surface area contributed by atoms with Crippen LogP contribution in [0.5, 0.6) is 5.88 Å². The van der Waals surface area contributed by atoms with E-state index in [1.54, 1.807) is 18.2 Å². The molecule has 46 heavy (non-hydrogen) atoms. The number of likely N-dealkylation sites (tertiary alicyclic amines) is 1. The Labute approximate surface area is 274 Å². The summed E-state index contributed by atoms with van der Waals surface area (Å²) < 4.78 is 5.77. The van der Waals surface area contributed by atoms with Gasteiger partial charge in [-0.25, -0.2) is 14.8 Å². The standard InChI is InChI=1S/C37H53N5O4/c1-37(2,3)29-30(39-21-26-19-25(20-40-34(26)46-6)28-18-22-14-15-24(28)17-22)31(27-13-10-16-38-33(27)41(4)5)42(32(29)36(44)45)35(43)23-11-8-7-9-12-23/h10,13,16,19-20,22-24,28-32,39H,7-9,11-12,14-15,17-18,21H2,1-6H3,(H,44,45)/t22?,24?,28?,29-,30-,31-,32-/m0/s1. The third kappa shape index (κ3) is 6.12. The van der Waals surface area contributed by atoms with E-state index in [0.717, 1.165) is 60.9 Å². The van der Waals surface area contributed by atoms with Crippen molar-refractivity contribution in [3.05, 3.63) is 47.3 Å². The van der Waals surface area contributed by atoms with Crippen LogP contribution in [-0.2, 0) is 16.1 Å². The number of carboxylic acids is 1. The maximum atomic E-state index is 14.6. The third-order valence-corrected chi connectivity index (χ3v) is 11.5. The Morgan fingerprint density at radius 1 is 1.09 bits per heavy atom. The Balaban J connectivity index is 1.43. The van der Waals surface area contributed by atoms with E-state index in [-0.39, 0.29) is 23.8 Å². The van der Waals surface area contributed by atoms with Crippen LogP contribution >= 0.6 is 0 Å². The molecule has 3 heterocycles. The zero-order valence-electron chi connectivity index (χ0n) is 28.5. The summed E-state index contributed by atoms with van der Waals surface area (Å²) >= 11 is 0. The first-order valence-electron chi connectivity index (χ1n) is 17.4. The summed E-state index contributed by atoms with van der Waals surface area (Å²) in [5.74, 6) is 1.90. The molecule has 2 bridgehead atoms. The highest BCUT2D eigenvalue weighted by atomic mass is 16.5. The Bertz CT molecular complexity index is 1420. The molecule has 0 aromatic carbocycles. The Hall–Kier alpha value is -3.20. The minimum absolute atomic E-state index is 0.0401. The van der Waals surface area contributed by atoms with Gasteiger partial charge in [-0.2, -0.15) is 0 Å². The molecule has 2 aromatic heterocycles. The van der Waals surface area contributed by atoms with Gasteiger partial charge in [0.15, 0.2) is 0 Å². The molecule has 3 saturated carbocycles. The lowest BCUT2D eigenvalue weighted by molar-refractivity contribution is -0.154. The van der Waals surface area contributed by atoms with Gasteiger partial charge in [-0.05, 0) is 73.0 Å². The molecule has 250 valence electrons. The minimum atomic E-state index is -0.979. The van der Waals surface area contributed by atoms with Gasteiger partial charge in [0.05, 0.1) is 13.2 Å². The maximum Gasteiger partial charge on any atom is 0.326 e. The summed E-state index contributed by atoms with van der Waals surface area (Å²) in [6, 6.07) is 4.33. The Morgan fingerprint density at radius 3 is 2.46 bits per heavy atom. The lowest BCUT2D eigenvalue weighted by Gasteiger charge is -2.36. The van der Waals surface area contributed by atoms with Gasteiger partial charge in [0, 0.05) is 62.0 Å². The first-order chi connectivity index (χ1) is 22.0. The van der Waals surface area contributed by atoms with E-state index in [0.29, 0.717) is 18.3 Å². The highest BCUT2D eigenvalue weighted by molar-refractivity contribution is 5.87. The minimum Gasteiger partial charge on any atom is -0.481 e. The van der Waals surface area contributed by atoms with Crippen LogP contribution < -0.4 is 15.0 Å². The van der Waals surface area contributed by atoms with Crippen molar-refractivity contribution in [1.29, 1.82) is 0 Å². The van der Waals surface area contributed by atoms with E-state index in [9.17, 15) is 14.7 Å². The molecular formula is C37H53N5O4. The van der Waals surface area contributed by atoms with Crippen LogP contribution in [0.25, 0.3) is 0 Å². The molecule has 1 saturated heterocycles. The number of fused-ring (bicyclic) bond motifs is 2. The lowest BCUT2D eigenvalue weighted by atomic mass is 9.72. The first-order valence-corrected chi connectivity index (χ1v) is 17.4. The number of methoxy groups -OCH3 is 1. The van der Waals surface area contributed by atoms with E-state index in [1.807, 2.05) is 37.3 Å². The van der Waals surface area contributed by atoms with E-state index in [1.165, 1.54) is 31.2 Å². The van der Waals surface area contributed by atoms with Crippen molar-refractivity contribution in [2.24, 2.45) is 29.1 Å². The van der Waals surface area contributed by atoms with Crippen molar-refractivity contribution in [3.63, 3.8) is 0 Å². The molecule has 9 nitrogen and oxygen atoms in total. The van der Waals surface area contributed by atoms with Crippen molar-refractivity contribution < 1.29 is 19.4 Å². The molecule has 4 aliphatic rings. The predicted octanol–water partition coefficient (Wildman–Crippen LogP) is 6.19. The number of carbonyl (C=O) groups is 2. The van der Waals surface area contributed by atoms with Crippen LogP contribution in [-0.4, -0.2) is 65.1 Å². The SMILES string of the molecule is COc1ncc(C2CC3CCC2C3)cc1CN[C@H]1[C@H](C(C)(C)C)[C@@H](C(=O)O)N(C(=O)C2CCCCC2)[C@H]1c1cccnc1N(C)C.